The van der Waals surface area contributed by atoms with Crippen molar-refractivity contribution in [3.8, 4) is 9.86 Å². The van der Waals surface area contributed by atoms with Crippen molar-refractivity contribution in [2.45, 2.75) is 86.5 Å². The van der Waals surface area contributed by atoms with Crippen LogP contribution < -0.4 is 0 Å². The van der Waals surface area contributed by atoms with Gasteiger partial charge >= 0.3 is 126 Å². The molecule has 0 aromatic heterocycles. The molecule has 0 nitrogen and oxygen atoms in total. The standard InChI is InChI=1S/C6H7.3C4H9.Sn/c1-4-6(3)5-2;3*1-3-4-2;/h4H,1,3H3;3*1,3-4H2,2H3;/b6-4+;;;;. The van der Waals surface area contributed by atoms with Gasteiger partial charge in [-0.15, -0.1) is 0 Å². The molecule has 0 rings (SSSR count). The first-order chi connectivity index (χ1) is 9.14. The van der Waals surface area contributed by atoms with Crippen LogP contribution in [0.1, 0.15) is 73.1 Å². The van der Waals surface area contributed by atoms with Crippen LogP contribution in [0.5, 0.6) is 0 Å². The minimum atomic E-state index is -2.17. The van der Waals surface area contributed by atoms with E-state index in [1.165, 1.54) is 57.4 Å². The zero-order chi connectivity index (χ0) is 14.6. The second kappa shape index (κ2) is 11.9. The van der Waals surface area contributed by atoms with Gasteiger partial charge in [0, 0.05) is 0 Å². The van der Waals surface area contributed by atoms with Gasteiger partial charge in [-0.3, -0.25) is 0 Å². The average molecular weight is 369 g/mol. The Labute approximate surface area is 126 Å². The Bertz CT molecular complexity index is 282. The summed E-state index contributed by atoms with van der Waals surface area (Å²) < 4.78 is 8.37. The molecule has 0 fully saturated rings. The van der Waals surface area contributed by atoms with Crippen LogP contribution in [0.3, 0.4) is 0 Å². The molecule has 0 amide bonds. The molecule has 0 saturated heterocycles. The Hall–Kier alpha value is 0.0987. The van der Waals surface area contributed by atoms with Gasteiger partial charge in [0.05, 0.1) is 0 Å². The molecule has 0 radical (unpaired) electrons. The molecule has 0 aromatic carbocycles. The third-order valence-electron chi connectivity index (χ3n) is 3.98. The van der Waals surface area contributed by atoms with Gasteiger partial charge < -0.3 is 0 Å². The van der Waals surface area contributed by atoms with Gasteiger partial charge in [0.1, 0.15) is 0 Å². The Balaban J connectivity index is 5.00. The van der Waals surface area contributed by atoms with Crippen molar-refractivity contribution in [3.63, 3.8) is 0 Å². The van der Waals surface area contributed by atoms with Crippen LogP contribution in [-0.2, 0) is 0 Å². The van der Waals surface area contributed by atoms with Crippen LogP contribution in [0.25, 0.3) is 0 Å². The average Bonchev–Trinajstić information content (AvgIpc) is 2.45. The second-order valence-electron chi connectivity index (χ2n) is 5.81. The maximum atomic E-state index is 3.88. The third-order valence-corrected chi connectivity index (χ3v) is 17.1. The first-order valence-corrected chi connectivity index (χ1v) is 15.8. The van der Waals surface area contributed by atoms with Crippen LogP contribution in [-0.4, -0.2) is 18.4 Å². The molecular weight excluding hydrogens is 335 g/mol. The number of hydrogen-bond acceptors (Lipinski definition) is 0. The first kappa shape index (κ1) is 19.1. The SMILES string of the molecule is C/C=C(\C)C#[C][Sn]([CH2]CCC)([CH2]CCC)[CH2]CCC. The number of allylic oxidation sites excluding steroid dienone is 2. The Kier molecular flexibility index (Phi) is 11.9. The molecule has 0 unspecified atom stereocenters. The van der Waals surface area contributed by atoms with E-state index in [-0.39, 0.29) is 0 Å². The summed E-state index contributed by atoms with van der Waals surface area (Å²) in [6.07, 6.45) is 10.4. The summed E-state index contributed by atoms with van der Waals surface area (Å²) in [6.45, 7) is 11.2. The molecule has 0 aliphatic heterocycles. The van der Waals surface area contributed by atoms with E-state index < -0.39 is 18.4 Å². The normalized spacial score (nSPS) is 12.2. The zero-order valence-corrected chi connectivity index (χ0v) is 16.8. The third kappa shape index (κ3) is 8.79. The van der Waals surface area contributed by atoms with Gasteiger partial charge in [-0.25, -0.2) is 0 Å². The van der Waals surface area contributed by atoms with E-state index in [1.54, 1.807) is 0 Å². The molecule has 0 spiro atoms. The zero-order valence-electron chi connectivity index (χ0n) is 13.9. The molecule has 1 heteroatoms. The molecule has 0 heterocycles. The number of unbranched alkanes of at least 4 members (excludes halogenated alkanes) is 3. The second-order valence-corrected chi connectivity index (χ2v) is 18.1. The van der Waals surface area contributed by atoms with Crippen molar-refractivity contribution < 1.29 is 0 Å². The van der Waals surface area contributed by atoms with Gasteiger partial charge in [0.2, 0.25) is 0 Å². The summed E-state index contributed by atoms with van der Waals surface area (Å²) in [5.41, 5.74) is 1.27. The molecule has 19 heavy (non-hydrogen) atoms. The Morgan fingerprint density at radius 3 is 1.63 bits per heavy atom. The van der Waals surface area contributed by atoms with E-state index in [1.807, 2.05) is 0 Å². The number of rotatable bonds is 9. The first-order valence-electron chi connectivity index (χ1n) is 8.30. The van der Waals surface area contributed by atoms with E-state index in [4.69, 9.17) is 0 Å². The fourth-order valence-electron chi connectivity index (χ4n) is 2.41. The van der Waals surface area contributed by atoms with Gasteiger partial charge in [-0.2, -0.15) is 0 Å². The van der Waals surface area contributed by atoms with Crippen molar-refractivity contribution in [2.75, 3.05) is 0 Å². The summed E-state index contributed by atoms with van der Waals surface area (Å²) in [5.74, 6) is 3.50. The van der Waals surface area contributed by atoms with E-state index >= 15 is 0 Å². The minimum absolute atomic E-state index is 1.27. The van der Waals surface area contributed by atoms with Gasteiger partial charge in [-0.05, 0) is 0 Å². The van der Waals surface area contributed by atoms with E-state index in [0.29, 0.717) is 0 Å². The summed E-state index contributed by atoms with van der Waals surface area (Å²) in [6, 6.07) is 0. The molecule has 110 valence electrons. The van der Waals surface area contributed by atoms with Gasteiger partial charge in [-0.1, -0.05) is 0 Å². The van der Waals surface area contributed by atoms with Crippen molar-refractivity contribution in [1.82, 2.24) is 0 Å². The summed E-state index contributed by atoms with van der Waals surface area (Å²) in [5, 5.41) is 0. The summed E-state index contributed by atoms with van der Waals surface area (Å²) in [4.78, 5) is 0. The Morgan fingerprint density at radius 2 is 1.32 bits per heavy atom. The van der Waals surface area contributed by atoms with Crippen molar-refractivity contribution in [3.05, 3.63) is 11.6 Å². The van der Waals surface area contributed by atoms with Gasteiger partial charge in [0.15, 0.2) is 0 Å². The van der Waals surface area contributed by atoms with Gasteiger partial charge in [0.25, 0.3) is 0 Å². The molecule has 0 aromatic rings. The topological polar surface area (TPSA) is 0 Å². The molecule has 0 saturated carbocycles. The fourth-order valence-corrected chi connectivity index (χ4v) is 15.8. The predicted molar refractivity (Wildman–Crippen MR) is 92.1 cm³/mol. The molecular formula is C18H34Sn. The quantitative estimate of drug-likeness (QED) is 0.328. The molecule has 0 bridgehead atoms. The van der Waals surface area contributed by atoms with E-state index in [0.717, 1.165) is 0 Å². The van der Waals surface area contributed by atoms with Crippen molar-refractivity contribution in [2.24, 2.45) is 0 Å². The fraction of sp³-hybridized carbons (Fsp3) is 0.778. The summed E-state index contributed by atoms with van der Waals surface area (Å²) in [7, 11) is 0. The van der Waals surface area contributed by atoms with E-state index in [2.05, 4.69) is 50.6 Å². The van der Waals surface area contributed by atoms with Crippen LogP contribution in [0.4, 0.5) is 0 Å². The molecule has 0 aliphatic carbocycles. The van der Waals surface area contributed by atoms with Crippen LogP contribution in [0.2, 0.25) is 13.3 Å². The predicted octanol–water partition coefficient (Wildman–Crippen LogP) is 6.34. The molecule has 0 N–H and O–H groups in total. The number of hydrogen-bond donors (Lipinski definition) is 0. The van der Waals surface area contributed by atoms with Crippen molar-refractivity contribution in [1.29, 1.82) is 0 Å². The van der Waals surface area contributed by atoms with Crippen LogP contribution >= 0.6 is 0 Å². The summed E-state index contributed by atoms with van der Waals surface area (Å²) >= 11 is -2.17. The maximum absolute atomic E-state index is 3.88. The van der Waals surface area contributed by atoms with Crippen LogP contribution in [0, 0.1) is 9.86 Å². The molecule has 0 aliphatic rings. The van der Waals surface area contributed by atoms with Crippen molar-refractivity contribution >= 4 is 18.4 Å². The Morgan fingerprint density at radius 1 is 0.895 bits per heavy atom. The molecule has 0 atom stereocenters. The van der Waals surface area contributed by atoms with Crippen LogP contribution in [0.15, 0.2) is 11.6 Å². The monoisotopic (exact) mass is 370 g/mol. The van der Waals surface area contributed by atoms with E-state index in [9.17, 15) is 0 Å².